The molecular weight excluding hydrogens is 206 g/mol. The van der Waals surface area contributed by atoms with Gasteiger partial charge in [-0.15, -0.1) is 0 Å². The van der Waals surface area contributed by atoms with Crippen LogP contribution in [0.1, 0.15) is 5.56 Å². The molecular formula is C10H12F2O3. The number of halogens is 2. The van der Waals surface area contributed by atoms with E-state index in [0.29, 0.717) is 6.61 Å². The Bertz CT molecular complexity index is 284. The van der Waals surface area contributed by atoms with Gasteiger partial charge in [-0.1, -0.05) is 6.07 Å². The van der Waals surface area contributed by atoms with E-state index >= 15 is 0 Å². The molecule has 0 aliphatic carbocycles. The normalized spacial score (nSPS) is 10.6. The molecule has 1 aromatic rings. The molecule has 84 valence electrons. The van der Waals surface area contributed by atoms with Crippen molar-refractivity contribution >= 4 is 0 Å². The van der Waals surface area contributed by atoms with Gasteiger partial charge >= 0.3 is 0 Å². The minimum Gasteiger partial charge on any atom is -0.382 e. The molecule has 0 fully saturated rings. The Kier molecular flexibility index (Phi) is 5.17. The summed E-state index contributed by atoms with van der Waals surface area (Å²) in [5, 5.41) is 0. The standard InChI is InChI=1S/C10H12F2O3/c1-13-5-6-14-15-7-8-9(11)3-2-4-10(8)12/h2-4H,5-7H2,1H3. The van der Waals surface area contributed by atoms with Gasteiger partial charge in [0, 0.05) is 7.11 Å². The first kappa shape index (κ1) is 12.0. The molecule has 0 saturated carbocycles. The molecule has 0 spiro atoms. The zero-order valence-electron chi connectivity index (χ0n) is 8.33. The van der Waals surface area contributed by atoms with Crippen LogP contribution < -0.4 is 0 Å². The summed E-state index contributed by atoms with van der Waals surface area (Å²) in [4.78, 5) is 9.25. The topological polar surface area (TPSA) is 27.7 Å². The van der Waals surface area contributed by atoms with Crippen molar-refractivity contribution in [2.24, 2.45) is 0 Å². The Morgan fingerprint density at radius 3 is 2.33 bits per heavy atom. The molecule has 0 atom stereocenters. The van der Waals surface area contributed by atoms with Crippen LogP contribution in [0, 0.1) is 11.6 Å². The van der Waals surface area contributed by atoms with Gasteiger partial charge in [-0.3, -0.25) is 0 Å². The summed E-state index contributed by atoms with van der Waals surface area (Å²) in [5.41, 5.74) is -0.144. The Balaban J connectivity index is 2.37. The van der Waals surface area contributed by atoms with Crippen molar-refractivity contribution in [3.8, 4) is 0 Å². The molecule has 3 nitrogen and oxygen atoms in total. The summed E-state index contributed by atoms with van der Waals surface area (Å²) in [6.45, 7) is 0.314. The van der Waals surface area contributed by atoms with E-state index in [2.05, 4.69) is 14.5 Å². The van der Waals surface area contributed by atoms with Crippen molar-refractivity contribution in [3.63, 3.8) is 0 Å². The predicted octanol–water partition coefficient (Wildman–Crippen LogP) is 2.06. The first-order chi connectivity index (χ1) is 7.25. The third kappa shape index (κ3) is 3.91. The molecule has 0 saturated heterocycles. The SMILES string of the molecule is COCCOOCc1c(F)cccc1F. The van der Waals surface area contributed by atoms with Crippen LogP contribution in [-0.4, -0.2) is 20.3 Å². The van der Waals surface area contributed by atoms with Crippen LogP contribution in [0.5, 0.6) is 0 Å². The van der Waals surface area contributed by atoms with Crippen molar-refractivity contribution in [2.75, 3.05) is 20.3 Å². The molecule has 0 aromatic heterocycles. The van der Waals surface area contributed by atoms with Crippen LogP contribution in [0.15, 0.2) is 18.2 Å². The number of rotatable bonds is 6. The van der Waals surface area contributed by atoms with E-state index in [1.165, 1.54) is 13.2 Å². The Morgan fingerprint density at radius 2 is 1.73 bits per heavy atom. The van der Waals surface area contributed by atoms with E-state index in [0.717, 1.165) is 12.1 Å². The minimum absolute atomic E-state index is 0.144. The largest absolute Gasteiger partial charge is 0.382 e. The summed E-state index contributed by atoms with van der Waals surface area (Å²) in [6.07, 6.45) is 0. The summed E-state index contributed by atoms with van der Waals surface area (Å²) in [6, 6.07) is 3.62. The fourth-order valence-electron chi connectivity index (χ4n) is 0.947. The van der Waals surface area contributed by atoms with Crippen LogP contribution in [0.2, 0.25) is 0 Å². The molecule has 15 heavy (non-hydrogen) atoms. The van der Waals surface area contributed by atoms with Crippen molar-refractivity contribution in [3.05, 3.63) is 35.4 Å². The van der Waals surface area contributed by atoms with Crippen molar-refractivity contribution in [2.45, 2.75) is 6.61 Å². The molecule has 1 aromatic carbocycles. The molecule has 0 N–H and O–H groups in total. The Hall–Kier alpha value is -1.04. The molecule has 0 aliphatic heterocycles. The van der Waals surface area contributed by atoms with Gasteiger partial charge in [0.2, 0.25) is 0 Å². The molecule has 0 radical (unpaired) electrons. The quantitative estimate of drug-likeness (QED) is 0.415. The Morgan fingerprint density at radius 1 is 1.07 bits per heavy atom. The maximum absolute atomic E-state index is 13.0. The van der Waals surface area contributed by atoms with Crippen molar-refractivity contribution in [1.82, 2.24) is 0 Å². The number of methoxy groups -OCH3 is 1. The summed E-state index contributed by atoms with van der Waals surface area (Å²) >= 11 is 0. The number of hydrogen-bond acceptors (Lipinski definition) is 3. The maximum atomic E-state index is 13.0. The average Bonchev–Trinajstić information content (AvgIpc) is 2.21. The van der Waals surface area contributed by atoms with Gasteiger partial charge in [-0.05, 0) is 12.1 Å². The third-order valence-electron chi connectivity index (χ3n) is 1.72. The van der Waals surface area contributed by atoms with Crippen LogP contribution in [0.25, 0.3) is 0 Å². The lowest BCUT2D eigenvalue weighted by Gasteiger charge is -2.05. The molecule has 1 rings (SSSR count). The molecule has 0 heterocycles. The molecule has 0 amide bonds. The highest BCUT2D eigenvalue weighted by Gasteiger charge is 2.08. The van der Waals surface area contributed by atoms with Gasteiger partial charge in [0.1, 0.15) is 24.8 Å². The maximum Gasteiger partial charge on any atom is 0.131 e. The van der Waals surface area contributed by atoms with Gasteiger partial charge in [0.25, 0.3) is 0 Å². The molecule has 0 aliphatic rings. The lowest BCUT2D eigenvalue weighted by atomic mass is 10.2. The fraction of sp³-hybridized carbons (Fsp3) is 0.400. The molecule has 5 heteroatoms. The van der Waals surface area contributed by atoms with Crippen molar-refractivity contribution < 1.29 is 23.3 Å². The van der Waals surface area contributed by atoms with E-state index in [1.807, 2.05) is 0 Å². The van der Waals surface area contributed by atoms with E-state index in [1.54, 1.807) is 0 Å². The van der Waals surface area contributed by atoms with E-state index in [-0.39, 0.29) is 18.8 Å². The zero-order valence-corrected chi connectivity index (χ0v) is 8.33. The van der Waals surface area contributed by atoms with Crippen molar-refractivity contribution in [1.29, 1.82) is 0 Å². The van der Waals surface area contributed by atoms with Crippen LogP contribution in [-0.2, 0) is 21.1 Å². The monoisotopic (exact) mass is 218 g/mol. The highest BCUT2D eigenvalue weighted by molar-refractivity contribution is 5.18. The van der Waals surface area contributed by atoms with Gasteiger partial charge in [-0.25, -0.2) is 18.6 Å². The van der Waals surface area contributed by atoms with Gasteiger partial charge in [0.05, 0.1) is 12.2 Å². The predicted molar refractivity (Wildman–Crippen MR) is 49.0 cm³/mol. The van der Waals surface area contributed by atoms with Crippen LogP contribution in [0.4, 0.5) is 8.78 Å². The third-order valence-corrected chi connectivity index (χ3v) is 1.72. The summed E-state index contributed by atoms with van der Waals surface area (Å²) in [5.74, 6) is -1.30. The van der Waals surface area contributed by atoms with Gasteiger partial charge in [0.15, 0.2) is 0 Å². The second kappa shape index (κ2) is 6.44. The number of hydrogen-bond donors (Lipinski definition) is 0. The molecule has 0 unspecified atom stereocenters. The number of benzene rings is 1. The summed E-state index contributed by atoms with van der Waals surface area (Å²) < 4.78 is 30.7. The van der Waals surface area contributed by atoms with Gasteiger partial charge in [-0.2, -0.15) is 0 Å². The fourth-order valence-corrected chi connectivity index (χ4v) is 0.947. The van der Waals surface area contributed by atoms with Gasteiger partial charge < -0.3 is 4.74 Å². The van der Waals surface area contributed by atoms with E-state index < -0.39 is 11.6 Å². The van der Waals surface area contributed by atoms with Crippen LogP contribution in [0.3, 0.4) is 0 Å². The van der Waals surface area contributed by atoms with E-state index in [4.69, 9.17) is 0 Å². The second-order valence-corrected chi connectivity index (χ2v) is 2.78. The summed E-state index contributed by atoms with van der Waals surface area (Å²) in [7, 11) is 1.51. The van der Waals surface area contributed by atoms with Crippen LogP contribution >= 0.6 is 0 Å². The average molecular weight is 218 g/mol. The zero-order chi connectivity index (χ0) is 11.1. The second-order valence-electron chi connectivity index (χ2n) is 2.78. The highest BCUT2D eigenvalue weighted by atomic mass is 19.1. The Labute approximate surface area is 86.5 Å². The number of ether oxygens (including phenoxy) is 1. The minimum atomic E-state index is -0.648. The smallest absolute Gasteiger partial charge is 0.131 e. The first-order valence-corrected chi connectivity index (χ1v) is 4.42. The lowest BCUT2D eigenvalue weighted by Crippen LogP contribution is -2.05. The first-order valence-electron chi connectivity index (χ1n) is 4.42. The lowest BCUT2D eigenvalue weighted by molar-refractivity contribution is -0.308. The van der Waals surface area contributed by atoms with E-state index in [9.17, 15) is 8.78 Å². The highest BCUT2D eigenvalue weighted by Crippen LogP contribution is 2.12. The molecule has 0 bridgehead atoms.